The van der Waals surface area contributed by atoms with Crippen LogP contribution in [0.5, 0.6) is 0 Å². The Morgan fingerprint density at radius 2 is 1.76 bits per heavy atom. The van der Waals surface area contributed by atoms with Gasteiger partial charge >= 0.3 is 5.97 Å². The van der Waals surface area contributed by atoms with Crippen LogP contribution in [0, 0.1) is 5.92 Å². The molecule has 0 aliphatic heterocycles. The standard InChI is InChI=1S/C18H26N2O4S/c1-12(2)9-15(18(23)24)20-16(21)10-19-17(22)13(3)25-11-14-7-5-4-6-8-14/h4-8,12-13,15H,9-11H2,1-3H3,(H,19,22)(H,20,21)(H,23,24)/t13?,15-/m0/s1. The maximum absolute atomic E-state index is 12.0. The number of nitrogens with one attached hydrogen (secondary N) is 2. The van der Waals surface area contributed by atoms with Crippen LogP contribution in [0.3, 0.4) is 0 Å². The lowest BCUT2D eigenvalue weighted by molar-refractivity contribution is -0.142. The van der Waals surface area contributed by atoms with Gasteiger partial charge in [-0.15, -0.1) is 11.8 Å². The molecule has 1 rings (SSSR count). The van der Waals surface area contributed by atoms with Crippen molar-refractivity contribution in [2.24, 2.45) is 5.92 Å². The van der Waals surface area contributed by atoms with Crippen LogP contribution >= 0.6 is 11.8 Å². The molecule has 2 atom stereocenters. The van der Waals surface area contributed by atoms with Gasteiger partial charge in [0.15, 0.2) is 0 Å². The van der Waals surface area contributed by atoms with Gasteiger partial charge in [-0.05, 0) is 24.8 Å². The molecule has 0 aliphatic rings. The second-order valence-corrected chi connectivity index (χ2v) is 7.57. The number of hydrogen-bond acceptors (Lipinski definition) is 4. The molecule has 0 spiro atoms. The van der Waals surface area contributed by atoms with E-state index in [0.29, 0.717) is 12.2 Å². The van der Waals surface area contributed by atoms with Crippen molar-refractivity contribution in [3.8, 4) is 0 Å². The number of thioether (sulfide) groups is 1. The van der Waals surface area contributed by atoms with Gasteiger partial charge in [-0.1, -0.05) is 44.2 Å². The van der Waals surface area contributed by atoms with Gasteiger partial charge < -0.3 is 15.7 Å². The minimum atomic E-state index is -1.07. The van der Waals surface area contributed by atoms with Crippen molar-refractivity contribution in [3.05, 3.63) is 35.9 Å². The summed E-state index contributed by atoms with van der Waals surface area (Å²) < 4.78 is 0. The number of carboxylic acids is 1. The van der Waals surface area contributed by atoms with Gasteiger partial charge in [0.2, 0.25) is 11.8 Å². The van der Waals surface area contributed by atoms with E-state index in [4.69, 9.17) is 5.11 Å². The highest BCUT2D eigenvalue weighted by Crippen LogP contribution is 2.17. The van der Waals surface area contributed by atoms with E-state index in [9.17, 15) is 14.4 Å². The summed E-state index contributed by atoms with van der Waals surface area (Å²) in [7, 11) is 0. The fraction of sp³-hybridized carbons (Fsp3) is 0.500. The van der Waals surface area contributed by atoms with Gasteiger partial charge in [0.1, 0.15) is 6.04 Å². The first-order valence-corrected chi connectivity index (χ1v) is 9.30. The predicted octanol–water partition coefficient (Wildman–Crippen LogP) is 2.04. The molecule has 0 bridgehead atoms. The Hall–Kier alpha value is -2.02. The molecule has 0 aliphatic carbocycles. The molecule has 0 saturated carbocycles. The molecule has 0 aromatic heterocycles. The van der Waals surface area contributed by atoms with Crippen LogP contribution in [0.2, 0.25) is 0 Å². The highest BCUT2D eigenvalue weighted by atomic mass is 32.2. The molecule has 6 nitrogen and oxygen atoms in total. The van der Waals surface area contributed by atoms with E-state index in [-0.39, 0.29) is 23.6 Å². The van der Waals surface area contributed by atoms with Gasteiger partial charge in [0, 0.05) is 5.75 Å². The molecule has 0 fully saturated rings. The molecule has 1 aromatic carbocycles. The van der Waals surface area contributed by atoms with E-state index in [0.717, 1.165) is 5.56 Å². The number of amides is 2. The zero-order valence-electron chi connectivity index (χ0n) is 14.8. The minimum Gasteiger partial charge on any atom is -0.480 e. The molecule has 0 saturated heterocycles. The van der Waals surface area contributed by atoms with E-state index in [1.54, 1.807) is 6.92 Å². The number of hydrogen-bond donors (Lipinski definition) is 3. The highest BCUT2D eigenvalue weighted by molar-refractivity contribution is 7.99. The second-order valence-electron chi connectivity index (χ2n) is 6.24. The number of carbonyl (C=O) groups excluding carboxylic acids is 2. The Morgan fingerprint density at radius 3 is 2.32 bits per heavy atom. The van der Waals surface area contributed by atoms with Crippen molar-refractivity contribution in [2.45, 2.75) is 44.2 Å². The zero-order chi connectivity index (χ0) is 18.8. The molecule has 7 heteroatoms. The molecule has 0 heterocycles. The van der Waals surface area contributed by atoms with Crippen LogP contribution in [0.15, 0.2) is 30.3 Å². The van der Waals surface area contributed by atoms with E-state index >= 15 is 0 Å². The third kappa shape index (κ3) is 8.58. The van der Waals surface area contributed by atoms with Crippen LogP contribution < -0.4 is 10.6 Å². The lowest BCUT2D eigenvalue weighted by Gasteiger charge is -2.17. The topological polar surface area (TPSA) is 95.5 Å². The first-order chi connectivity index (χ1) is 11.8. The molecule has 2 amide bonds. The molecule has 1 unspecified atom stereocenters. The Labute approximate surface area is 152 Å². The Balaban J connectivity index is 2.36. The predicted molar refractivity (Wildman–Crippen MR) is 99.2 cm³/mol. The molecular weight excluding hydrogens is 340 g/mol. The number of benzene rings is 1. The monoisotopic (exact) mass is 366 g/mol. The average Bonchev–Trinajstić information content (AvgIpc) is 2.57. The lowest BCUT2D eigenvalue weighted by Crippen LogP contribution is -2.47. The van der Waals surface area contributed by atoms with E-state index < -0.39 is 17.9 Å². The summed E-state index contributed by atoms with van der Waals surface area (Å²) in [5, 5.41) is 13.8. The number of aliphatic carboxylic acids is 1. The van der Waals surface area contributed by atoms with Crippen molar-refractivity contribution in [2.75, 3.05) is 6.54 Å². The summed E-state index contributed by atoms with van der Waals surface area (Å²) >= 11 is 1.48. The molecule has 1 aromatic rings. The fourth-order valence-corrected chi connectivity index (χ4v) is 2.99. The smallest absolute Gasteiger partial charge is 0.326 e. The fourth-order valence-electron chi connectivity index (χ4n) is 2.12. The molecule has 25 heavy (non-hydrogen) atoms. The largest absolute Gasteiger partial charge is 0.480 e. The van der Waals surface area contributed by atoms with E-state index in [2.05, 4.69) is 10.6 Å². The van der Waals surface area contributed by atoms with Crippen LogP contribution in [-0.2, 0) is 20.1 Å². The van der Waals surface area contributed by atoms with Gasteiger partial charge in [0.05, 0.1) is 11.8 Å². The maximum Gasteiger partial charge on any atom is 0.326 e. The first-order valence-electron chi connectivity index (χ1n) is 8.25. The van der Waals surface area contributed by atoms with Gasteiger partial charge in [-0.25, -0.2) is 4.79 Å². The van der Waals surface area contributed by atoms with Crippen LogP contribution in [0.25, 0.3) is 0 Å². The quantitative estimate of drug-likeness (QED) is 0.589. The Morgan fingerprint density at radius 1 is 1.12 bits per heavy atom. The molecular formula is C18H26N2O4S. The number of carboxylic acid groups (broad SMARTS) is 1. The maximum atomic E-state index is 12.0. The summed E-state index contributed by atoms with van der Waals surface area (Å²) in [5.41, 5.74) is 1.13. The highest BCUT2D eigenvalue weighted by Gasteiger charge is 2.21. The summed E-state index contributed by atoms with van der Waals surface area (Å²) in [6.07, 6.45) is 0.346. The van der Waals surface area contributed by atoms with Crippen molar-refractivity contribution >= 4 is 29.5 Å². The van der Waals surface area contributed by atoms with Crippen molar-refractivity contribution in [1.82, 2.24) is 10.6 Å². The lowest BCUT2D eigenvalue weighted by atomic mass is 10.0. The van der Waals surface area contributed by atoms with Crippen molar-refractivity contribution < 1.29 is 19.5 Å². The van der Waals surface area contributed by atoms with Crippen LogP contribution in [-0.4, -0.2) is 40.7 Å². The summed E-state index contributed by atoms with van der Waals surface area (Å²) in [5.74, 6) is -0.962. The van der Waals surface area contributed by atoms with Crippen molar-refractivity contribution in [3.63, 3.8) is 0 Å². The van der Waals surface area contributed by atoms with Gasteiger partial charge in [-0.3, -0.25) is 9.59 Å². The van der Waals surface area contributed by atoms with Crippen LogP contribution in [0.1, 0.15) is 32.8 Å². The van der Waals surface area contributed by atoms with Gasteiger partial charge in [0.25, 0.3) is 0 Å². The Bertz CT molecular complexity index is 578. The SMILES string of the molecule is CC(C)C[C@H](NC(=O)CNC(=O)C(C)SCc1ccccc1)C(=O)O. The van der Waals surface area contributed by atoms with Crippen LogP contribution in [0.4, 0.5) is 0 Å². The third-order valence-corrected chi connectivity index (χ3v) is 4.69. The third-order valence-electron chi connectivity index (χ3n) is 3.48. The summed E-state index contributed by atoms with van der Waals surface area (Å²) in [6, 6.07) is 8.88. The second kappa shape index (κ2) is 10.8. The number of carbonyl (C=O) groups is 3. The molecule has 138 valence electrons. The van der Waals surface area contributed by atoms with Gasteiger partial charge in [-0.2, -0.15) is 0 Å². The number of rotatable bonds is 10. The van der Waals surface area contributed by atoms with E-state index in [1.165, 1.54) is 11.8 Å². The summed E-state index contributed by atoms with van der Waals surface area (Å²) in [4.78, 5) is 35.0. The molecule has 3 N–H and O–H groups in total. The average molecular weight is 366 g/mol. The molecule has 0 radical (unpaired) electrons. The first kappa shape index (κ1) is 21.0. The van der Waals surface area contributed by atoms with Crippen molar-refractivity contribution in [1.29, 1.82) is 0 Å². The van der Waals surface area contributed by atoms with E-state index in [1.807, 2.05) is 44.2 Å². The minimum absolute atomic E-state index is 0.144. The Kier molecular flexibility index (Phi) is 9.05. The zero-order valence-corrected chi connectivity index (χ0v) is 15.6. The normalized spacial score (nSPS) is 13.1. The summed E-state index contributed by atoms with van der Waals surface area (Å²) in [6.45, 7) is 5.32.